The van der Waals surface area contributed by atoms with Gasteiger partial charge in [0.15, 0.2) is 0 Å². The molecule has 0 unspecified atom stereocenters. The van der Waals surface area contributed by atoms with Crippen molar-refractivity contribution in [3.63, 3.8) is 0 Å². The molecule has 3 aromatic carbocycles. The number of benzene rings is 3. The summed E-state index contributed by atoms with van der Waals surface area (Å²) in [6.45, 7) is 4.23. The van der Waals surface area contributed by atoms with Crippen molar-refractivity contribution in [1.29, 1.82) is 0 Å². The van der Waals surface area contributed by atoms with Crippen LogP contribution in [0.15, 0.2) is 72.8 Å². The summed E-state index contributed by atoms with van der Waals surface area (Å²) < 4.78 is 1.66. The van der Waals surface area contributed by atoms with Gasteiger partial charge in [0, 0.05) is 17.0 Å². The number of nitrogens with zero attached hydrogens (tertiary/aromatic N) is 2. The van der Waals surface area contributed by atoms with Gasteiger partial charge in [0.2, 0.25) is 0 Å². The predicted molar refractivity (Wildman–Crippen MR) is 124 cm³/mol. The molecule has 4 rings (SSSR count). The fraction of sp³-hybridized carbons (Fsp3) is 0.160. The van der Waals surface area contributed by atoms with Crippen molar-refractivity contribution in [3.8, 4) is 5.69 Å². The molecular formula is C25H24N4O2. The van der Waals surface area contributed by atoms with Crippen LogP contribution in [0.25, 0.3) is 16.5 Å². The van der Waals surface area contributed by atoms with Crippen molar-refractivity contribution < 1.29 is 9.59 Å². The topological polar surface area (TPSA) is 76.0 Å². The number of carbonyl (C=O) groups excluding carboxylic acids is 2. The average molecular weight is 412 g/mol. The summed E-state index contributed by atoms with van der Waals surface area (Å²) in [6, 6.07) is 22.3. The summed E-state index contributed by atoms with van der Waals surface area (Å²) in [6.07, 6.45) is 1.57. The van der Waals surface area contributed by atoms with Gasteiger partial charge in [-0.05, 0) is 35.9 Å². The van der Waals surface area contributed by atoms with Crippen molar-refractivity contribution in [3.05, 3.63) is 84.1 Å². The molecule has 2 amide bonds. The molecule has 4 aromatic rings. The molecule has 0 fully saturated rings. The number of urea groups is 1. The van der Waals surface area contributed by atoms with E-state index in [1.54, 1.807) is 22.9 Å². The van der Waals surface area contributed by atoms with E-state index in [2.05, 4.69) is 29.6 Å². The second kappa shape index (κ2) is 8.83. The van der Waals surface area contributed by atoms with Crippen LogP contribution in [0.1, 0.15) is 29.9 Å². The van der Waals surface area contributed by atoms with E-state index in [-0.39, 0.29) is 6.03 Å². The number of hydrogen-bond acceptors (Lipinski definition) is 3. The number of fused-ring (bicyclic) bond motifs is 1. The number of nitrogens with one attached hydrogen (secondary N) is 2. The van der Waals surface area contributed by atoms with E-state index in [0.717, 1.165) is 34.9 Å². The lowest BCUT2D eigenvalue weighted by atomic mass is 10.1. The summed E-state index contributed by atoms with van der Waals surface area (Å²) in [5.41, 5.74) is 2.85. The Morgan fingerprint density at radius 2 is 1.77 bits per heavy atom. The van der Waals surface area contributed by atoms with Gasteiger partial charge in [-0.1, -0.05) is 62.4 Å². The minimum atomic E-state index is -0.361. The zero-order valence-corrected chi connectivity index (χ0v) is 17.5. The Morgan fingerprint density at radius 3 is 2.58 bits per heavy atom. The highest BCUT2D eigenvalue weighted by molar-refractivity contribution is 6.06. The van der Waals surface area contributed by atoms with E-state index in [1.165, 1.54) is 0 Å². The molecule has 0 aliphatic heterocycles. The first kappa shape index (κ1) is 20.3. The molecule has 0 radical (unpaired) electrons. The van der Waals surface area contributed by atoms with Crippen LogP contribution in [0.2, 0.25) is 0 Å². The summed E-state index contributed by atoms with van der Waals surface area (Å²) in [5, 5.41) is 12.5. The maximum Gasteiger partial charge on any atom is 0.324 e. The van der Waals surface area contributed by atoms with Crippen LogP contribution >= 0.6 is 0 Å². The van der Waals surface area contributed by atoms with Crippen molar-refractivity contribution >= 4 is 34.6 Å². The lowest BCUT2D eigenvalue weighted by Crippen LogP contribution is -2.21. The maximum absolute atomic E-state index is 12.8. The molecule has 6 nitrogen and oxygen atoms in total. The number of aromatic nitrogens is 2. The fourth-order valence-corrected chi connectivity index (χ4v) is 3.57. The first-order chi connectivity index (χ1) is 15.0. The Bertz CT molecular complexity index is 1240. The van der Waals surface area contributed by atoms with E-state index < -0.39 is 0 Å². The second-order valence-corrected chi connectivity index (χ2v) is 7.85. The molecule has 1 heterocycles. The third kappa shape index (κ3) is 4.64. The molecule has 156 valence electrons. The highest BCUT2D eigenvalue weighted by Gasteiger charge is 2.14. The molecule has 1 aromatic heterocycles. The first-order valence-corrected chi connectivity index (χ1v) is 10.2. The Morgan fingerprint density at radius 1 is 1.00 bits per heavy atom. The summed E-state index contributed by atoms with van der Waals surface area (Å²) in [7, 11) is 0. The SMILES string of the molecule is CC(C)Cc1cc(NC(=O)Nc2cccc3ccccc23)n(-c2cccc(C=O)c2)n1. The highest BCUT2D eigenvalue weighted by Crippen LogP contribution is 2.24. The summed E-state index contributed by atoms with van der Waals surface area (Å²) >= 11 is 0. The number of anilines is 2. The Kier molecular flexibility index (Phi) is 5.80. The summed E-state index contributed by atoms with van der Waals surface area (Å²) in [4.78, 5) is 24.0. The first-order valence-electron chi connectivity index (χ1n) is 10.2. The molecule has 2 N–H and O–H groups in total. The fourth-order valence-electron chi connectivity index (χ4n) is 3.57. The van der Waals surface area contributed by atoms with Crippen molar-refractivity contribution in [1.82, 2.24) is 9.78 Å². The van der Waals surface area contributed by atoms with Crippen molar-refractivity contribution in [2.24, 2.45) is 5.92 Å². The van der Waals surface area contributed by atoms with Gasteiger partial charge in [-0.3, -0.25) is 10.1 Å². The van der Waals surface area contributed by atoms with Gasteiger partial charge in [-0.15, -0.1) is 0 Å². The minimum absolute atomic E-state index is 0.361. The molecule has 0 saturated heterocycles. The number of rotatable bonds is 6. The monoisotopic (exact) mass is 412 g/mol. The van der Waals surface area contributed by atoms with Crippen LogP contribution in [-0.2, 0) is 6.42 Å². The van der Waals surface area contributed by atoms with Crippen LogP contribution in [-0.4, -0.2) is 22.1 Å². The van der Waals surface area contributed by atoms with E-state index in [9.17, 15) is 9.59 Å². The van der Waals surface area contributed by atoms with Gasteiger partial charge < -0.3 is 5.32 Å². The Labute approximate surface area is 180 Å². The van der Waals surface area contributed by atoms with Crippen LogP contribution in [0.5, 0.6) is 0 Å². The predicted octanol–water partition coefficient (Wildman–Crippen LogP) is 5.68. The number of carbonyl (C=O) groups is 2. The van der Waals surface area contributed by atoms with Crippen LogP contribution in [0.3, 0.4) is 0 Å². The third-order valence-electron chi connectivity index (χ3n) is 4.91. The van der Waals surface area contributed by atoms with Crippen molar-refractivity contribution in [2.45, 2.75) is 20.3 Å². The van der Waals surface area contributed by atoms with Gasteiger partial charge in [-0.25, -0.2) is 9.48 Å². The molecule has 0 aliphatic carbocycles. The molecule has 0 saturated carbocycles. The Balaban J connectivity index is 1.64. The van der Waals surface area contributed by atoms with Gasteiger partial charge in [0.25, 0.3) is 0 Å². The molecule has 0 atom stereocenters. The van der Waals surface area contributed by atoms with Crippen LogP contribution in [0.4, 0.5) is 16.3 Å². The highest BCUT2D eigenvalue weighted by atomic mass is 16.2. The minimum Gasteiger partial charge on any atom is -0.307 e. The van der Waals surface area contributed by atoms with Crippen LogP contribution in [0, 0.1) is 5.92 Å². The second-order valence-electron chi connectivity index (χ2n) is 7.85. The average Bonchev–Trinajstić information content (AvgIpc) is 3.15. The number of amides is 2. The molecular weight excluding hydrogens is 388 g/mol. The van der Waals surface area contributed by atoms with Gasteiger partial charge >= 0.3 is 6.03 Å². The Hall–Kier alpha value is -3.93. The van der Waals surface area contributed by atoms with Crippen LogP contribution < -0.4 is 10.6 Å². The maximum atomic E-state index is 12.8. The molecule has 0 bridgehead atoms. The molecule has 6 heteroatoms. The van der Waals surface area contributed by atoms with E-state index in [0.29, 0.717) is 23.0 Å². The third-order valence-corrected chi connectivity index (χ3v) is 4.91. The normalized spacial score (nSPS) is 10.9. The lowest BCUT2D eigenvalue weighted by Gasteiger charge is -2.12. The van der Waals surface area contributed by atoms with Gasteiger partial charge in [-0.2, -0.15) is 5.10 Å². The zero-order chi connectivity index (χ0) is 21.8. The quantitative estimate of drug-likeness (QED) is 0.400. The molecule has 0 aliphatic rings. The van der Waals surface area contributed by atoms with E-state index in [1.807, 2.05) is 54.6 Å². The number of hydrogen-bond donors (Lipinski definition) is 2. The lowest BCUT2D eigenvalue weighted by molar-refractivity contribution is 0.112. The smallest absolute Gasteiger partial charge is 0.307 e. The molecule has 31 heavy (non-hydrogen) atoms. The zero-order valence-electron chi connectivity index (χ0n) is 17.5. The number of aldehydes is 1. The van der Waals surface area contributed by atoms with Gasteiger partial charge in [0.1, 0.15) is 12.1 Å². The largest absolute Gasteiger partial charge is 0.324 e. The van der Waals surface area contributed by atoms with E-state index >= 15 is 0 Å². The van der Waals surface area contributed by atoms with Crippen molar-refractivity contribution in [2.75, 3.05) is 10.6 Å². The van der Waals surface area contributed by atoms with Gasteiger partial charge in [0.05, 0.1) is 17.1 Å². The standard InChI is InChI=1S/C25H24N4O2/c1-17(2)13-20-15-24(29(28-20)21-10-5-7-18(14-21)16-30)27-25(31)26-23-12-6-9-19-8-3-4-11-22(19)23/h3-12,14-17H,13H2,1-2H3,(H2,26,27,31). The summed E-state index contributed by atoms with van der Waals surface area (Å²) in [5.74, 6) is 0.957. The molecule has 0 spiro atoms. The van der Waals surface area contributed by atoms with E-state index in [4.69, 9.17) is 0 Å².